The van der Waals surface area contributed by atoms with Gasteiger partial charge in [-0.2, -0.15) is 13.2 Å². The van der Waals surface area contributed by atoms with Gasteiger partial charge in [0.2, 0.25) is 5.91 Å². The molecule has 38 heavy (non-hydrogen) atoms. The molecule has 0 aliphatic carbocycles. The van der Waals surface area contributed by atoms with Crippen LogP contribution in [0, 0.1) is 6.92 Å². The van der Waals surface area contributed by atoms with E-state index in [0.717, 1.165) is 17.7 Å². The van der Waals surface area contributed by atoms with Gasteiger partial charge in [0.1, 0.15) is 12.2 Å². The van der Waals surface area contributed by atoms with E-state index >= 15 is 0 Å². The maximum atomic E-state index is 12.8. The number of nitrogens with one attached hydrogen (secondary N) is 3. The number of alkyl halides is 3. The SMILES string of the molecule is Cc1noc(-c2ccc(C(F)(F)F)cc2)c1C(=O)NNC(=O)CCCCCNC(=O)OCc1ccccc1. The number of nitrogens with zero attached hydrogens (tertiary/aromatic N) is 1. The number of amides is 3. The van der Waals surface area contributed by atoms with Crippen molar-refractivity contribution in [2.24, 2.45) is 0 Å². The Morgan fingerprint density at radius 2 is 1.66 bits per heavy atom. The fraction of sp³-hybridized carbons (Fsp3) is 0.308. The molecule has 3 amide bonds. The maximum absolute atomic E-state index is 12.8. The lowest BCUT2D eigenvalue weighted by atomic mass is 10.0. The number of aromatic nitrogens is 1. The van der Waals surface area contributed by atoms with Gasteiger partial charge in [-0.05, 0) is 37.5 Å². The van der Waals surface area contributed by atoms with Gasteiger partial charge < -0.3 is 14.6 Å². The van der Waals surface area contributed by atoms with Crippen LogP contribution in [-0.2, 0) is 22.3 Å². The second-order valence-electron chi connectivity index (χ2n) is 8.35. The summed E-state index contributed by atoms with van der Waals surface area (Å²) in [6.07, 6.45) is -3.07. The minimum Gasteiger partial charge on any atom is -0.445 e. The van der Waals surface area contributed by atoms with Gasteiger partial charge in [-0.15, -0.1) is 0 Å². The lowest BCUT2D eigenvalue weighted by molar-refractivity contribution is -0.137. The summed E-state index contributed by atoms with van der Waals surface area (Å²) >= 11 is 0. The van der Waals surface area contributed by atoms with Crippen molar-refractivity contribution in [3.05, 3.63) is 77.0 Å². The summed E-state index contributed by atoms with van der Waals surface area (Å²) in [5.74, 6) is -1.17. The molecule has 0 spiro atoms. The molecule has 202 valence electrons. The second-order valence-corrected chi connectivity index (χ2v) is 8.35. The van der Waals surface area contributed by atoms with Gasteiger partial charge in [0, 0.05) is 18.5 Å². The third kappa shape index (κ3) is 8.36. The number of hydrazine groups is 1. The number of halogens is 3. The largest absolute Gasteiger partial charge is 0.445 e. The number of hydrogen-bond donors (Lipinski definition) is 3. The van der Waals surface area contributed by atoms with E-state index in [1.54, 1.807) is 0 Å². The van der Waals surface area contributed by atoms with Crippen molar-refractivity contribution in [2.75, 3.05) is 6.54 Å². The second kappa shape index (κ2) is 13.3. The Morgan fingerprint density at radius 3 is 2.34 bits per heavy atom. The zero-order chi connectivity index (χ0) is 27.5. The minimum absolute atomic E-state index is 0.00437. The van der Waals surface area contributed by atoms with Crippen LogP contribution in [0.4, 0.5) is 18.0 Å². The highest BCUT2D eigenvalue weighted by Gasteiger charge is 2.30. The predicted octanol–water partition coefficient (Wildman–Crippen LogP) is 4.92. The zero-order valence-electron chi connectivity index (χ0n) is 20.6. The smallest absolute Gasteiger partial charge is 0.416 e. The minimum atomic E-state index is -4.49. The van der Waals surface area contributed by atoms with Gasteiger partial charge in [-0.1, -0.05) is 54.0 Å². The first kappa shape index (κ1) is 28.2. The molecule has 0 aliphatic heterocycles. The number of alkyl carbamates (subject to hydrolysis) is 1. The summed E-state index contributed by atoms with van der Waals surface area (Å²) in [5.41, 5.74) is 5.06. The van der Waals surface area contributed by atoms with Crippen LogP contribution in [0.1, 0.15) is 52.9 Å². The summed E-state index contributed by atoms with van der Waals surface area (Å²) in [6, 6.07) is 13.4. The molecule has 9 nitrogen and oxygen atoms in total. The number of benzene rings is 2. The van der Waals surface area contributed by atoms with E-state index in [-0.39, 0.29) is 35.6 Å². The van der Waals surface area contributed by atoms with Crippen LogP contribution in [0.2, 0.25) is 0 Å². The van der Waals surface area contributed by atoms with E-state index in [0.29, 0.717) is 25.8 Å². The van der Waals surface area contributed by atoms with E-state index in [9.17, 15) is 27.6 Å². The monoisotopic (exact) mass is 532 g/mol. The van der Waals surface area contributed by atoms with E-state index in [1.165, 1.54) is 19.1 Å². The molecule has 0 aliphatic rings. The van der Waals surface area contributed by atoms with Crippen molar-refractivity contribution in [3.63, 3.8) is 0 Å². The standard InChI is InChI=1S/C26H27F3N4O5/c1-17-22(23(38-33-17)19-11-13-20(14-12-19)26(27,28)29)24(35)32-31-21(34)10-6-3-7-15-30-25(36)37-16-18-8-4-2-5-9-18/h2,4-5,8-9,11-14H,3,6-7,10,15-16H2,1H3,(H,30,36)(H,31,34)(H,32,35). The van der Waals surface area contributed by atoms with Gasteiger partial charge in [0.15, 0.2) is 5.76 Å². The van der Waals surface area contributed by atoms with Crippen molar-refractivity contribution in [1.29, 1.82) is 0 Å². The van der Waals surface area contributed by atoms with Gasteiger partial charge in [0.05, 0.1) is 11.3 Å². The molecular formula is C26H27F3N4O5. The zero-order valence-corrected chi connectivity index (χ0v) is 20.6. The Bertz CT molecular complexity index is 1230. The normalized spacial score (nSPS) is 11.1. The molecule has 0 atom stereocenters. The number of carbonyl (C=O) groups excluding carboxylic acids is 3. The summed E-state index contributed by atoms with van der Waals surface area (Å²) in [7, 11) is 0. The molecule has 1 heterocycles. The summed E-state index contributed by atoms with van der Waals surface area (Å²) in [6.45, 7) is 2.07. The molecule has 0 saturated heterocycles. The Labute approximate surface area is 216 Å². The van der Waals surface area contributed by atoms with E-state index in [4.69, 9.17) is 9.26 Å². The van der Waals surface area contributed by atoms with Gasteiger partial charge in [-0.3, -0.25) is 20.4 Å². The molecule has 0 unspecified atom stereocenters. The number of hydrogen-bond acceptors (Lipinski definition) is 6. The fourth-order valence-electron chi connectivity index (χ4n) is 3.45. The van der Waals surface area contributed by atoms with E-state index < -0.39 is 29.6 Å². The third-order valence-electron chi connectivity index (χ3n) is 5.44. The van der Waals surface area contributed by atoms with Crippen LogP contribution in [0.25, 0.3) is 11.3 Å². The predicted molar refractivity (Wildman–Crippen MR) is 130 cm³/mol. The first-order valence-electron chi connectivity index (χ1n) is 11.8. The summed E-state index contributed by atoms with van der Waals surface area (Å²) < 4.78 is 48.7. The molecule has 0 radical (unpaired) electrons. The lowest BCUT2D eigenvalue weighted by Crippen LogP contribution is -2.41. The van der Waals surface area contributed by atoms with Crippen molar-refractivity contribution >= 4 is 17.9 Å². The van der Waals surface area contributed by atoms with Crippen molar-refractivity contribution in [3.8, 4) is 11.3 Å². The number of unbranched alkanes of at least 4 members (excludes halogenated alkanes) is 2. The number of aryl methyl sites for hydroxylation is 1. The molecule has 2 aromatic carbocycles. The number of ether oxygens (including phenoxy) is 1. The van der Waals surface area contributed by atoms with E-state index in [1.807, 2.05) is 30.3 Å². The van der Waals surface area contributed by atoms with Crippen LogP contribution in [0.5, 0.6) is 0 Å². The van der Waals surface area contributed by atoms with Gasteiger partial charge in [0.25, 0.3) is 5.91 Å². The van der Waals surface area contributed by atoms with Gasteiger partial charge >= 0.3 is 12.3 Å². The first-order chi connectivity index (χ1) is 18.1. The Kier molecular flexibility index (Phi) is 9.85. The highest BCUT2D eigenvalue weighted by molar-refractivity contribution is 6.01. The highest BCUT2D eigenvalue weighted by Crippen LogP contribution is 2.32. The Morgan fingerprint density at radius 1 is 0.947 bits per heavy atom. The van der Waals surface area contributed by atoms with Crippen molar-refractivity contribution < 1.29 is 36.8 Å². The molecule has 3 N–H and O–H groups in total. The quantitative estimate of drug-likeness (QED) is 0.252. The average molecular weight is 533 g/mol. The molecule has 3 rings (SSSR count). The molecule has 12 heteroatoms. The van der Waals surface area contributed by atoms with Crippen LogP contribution in [-0.4, -0.2) is 29.6 Å². The van der Waals surface area contributed by atoms with Crippen molar-refractivity contribution in [2.45, 2.75) is 45.4 Å². The van der Waals surface area contributed by atoms with Crippen LogP contribution >= 0.6 is 0 Å². The highest BCUT2D eigenvalue weighted by atomic mass is 19.4. The molecular weight excluding hydrogens is 505 g/mol. The lowest BCUT2D eigenvalue weighted by Gasteiger charge is -2.09. The number of carbonyl (C=O) groups is 3. The topological polar surface area (TPSA) is 123 Å². The molecule has 1 aromatic heterocycles. The number of rotatable bonds is 10. The van der Waals surface area contributed by atoms with E-state index in [2.05, 4.69) is 21.3 Å². The first-order valence-corrected chi connectivity index (χ1v) is 11.8. The van der Waals surface area contributed by atoms with Gasteiger partial charge in [-0.25, -0.2) is 4.79 Å². The molecule has 0 bridgehead atoms. The molecule has 0 fully saturated rings. The Balaban J connectivity index is 1.35. The Hall–Kier alpha value is -4.35. The molecule has 0 saturated carbocycles. The third-order valence-corrected chi connectivity index (χ3v) is 5.44. The van der Waals surface area contributed by atoms with Crippen LogP contribution in [0.3, 0.4) is 0 Å². The average Bonchev–Trinajstić information content (AvgIpc) is 3.29. The summed E-state index contributed by atoms with van der Waals surface area (Å²) in [5, 5.41) is 6.36. The van der Waals surface area contributed by atoms with Crippen LogP contribution in [0.15, 0.2) is 59.1 Å². The maximum Gasteiger partial charge on any atom is 0.416 e. The summed E-state index contributed by atoms with van der Waals surface area (Å²) in [4.78, 5) is 36.4. The molecule has 3 aromatic rings. The fourth-order valence-corrected chi connectivity index (χ4v) is 3.45. The van der Waals surface area contributed by atoms with Crippen LogP contribution < -0.4 is 16.2 Å². The van der Waals surface area contributed by atoms with Crippen molar-refractivity contribution in [1.82, 2.24) is 21.3 Å².